The van der Waals surface area contributed by atoms with Crippen molar-refractivity contribution in [3.05, 3.63) is 0 Å². The molecule has 92 valence electrons. The van der Waals surface area contributed by atoms with Gasteiger partial charge < -0.3 is 19.9 Å². The van der Waals surface area contributed by atoms with Gasteiger partial charge in [0.1, 0.15) is 6.23 Å². The predicted octanol–water partition coefficient (Wildman–Crippen LogP) is -0.145. The molecule has 1 aliphatic rings. The van der Waals surface area contributed by atoms with E-state index in [1.807, 2.05) is 25.9 Å². The third kappa shape index (κ3) is 10.1. The first kappa shape index (κ1) is 14.8. The lowest BCUT2D eigenvalue weighted by Gasteiger charge is -2.21. The largest absolute Gasteiger partial charge is 0.379 e. The van der Waals surface area contributed by atoms with Gasteiger partial charge in [0.25, 0.3) is 0 Å². The molecule has 0 aromatic rings. The van der Waals surface area contributed by atoms with Gasteiger partial charge in [0.15, 0.2) is 6.29 Å². The zero-order valence-electron chi connectivity index (χ0n) is 10.2. The predicted molar refractivity (Wildman–Crippen MR) is 59.6 cm³/mol. The second kappa shape index (κ2) is 9.06. The molecule has 1 aliphatic heterocycles. The normalized spacial score (nSPS) is 20.4. The summed E-state index contributed by atoms with van der Waals surface area (Å²) in [7, 11) is 3.79. The first-order chi connectivity index (χ1) is 7.04. The van der Waals surface area contributed by atoms with E-state index in [1.165, 1.54) is 0 Å². The highest BCUT2D eigenvalue weighted by Gasteiger charge is 2.05. The molecule has 1 saturated heterocycles. The molecule has 2 atom stereocenters. The Hall–Kier alpha value is -0.200. The summed E-state index contributed by atoms with van der Waals surface area (Å²) in [6.07, 6.45) is -0.701. The molecule has 5 nitrogen and oxygen atoms in total. The molecular weight excluding hydrogens is 196 g/mol. The quantitative estimate of drug-likeness (QED) is 0.648. The van der Waals surface area contributed by atoms with Crippen molar-refractivity contribution >= 4 is 0 Å². The monoisotopic (exact) mass is 220 g/mol. The van der Waals surface area contributed by atoms with Crippen molar-refractivity contribution in [2.24, 2.45) is 0 Å². The molecule has 0 radical (unpaired) electrons. The van der Waals surface area contributed by atoms with Gasteiger partial charge in [-0.2, -0.15) is 0 Å². The van der Waals surface area contributed by atoms with Gasteiger partial charge in [-0.05, 0) is 27.9 Å². The Balaban J connectivity index is 0.000000280. The van der Waals surface area contributed by atoms with E-state index in [9.17, 15) is 0 Å². The topological polar surface area (TPSA) is 54.0 Å². The van der Waals surface area contributed by atoms with Crippen LogP contribution in [0.15, 0.2) is 0 Å². The summed E-state index contributed by atoms with van der Waals surface area (Å²) in [6.45, 7) is 7.31. The van der Waals surface area contributed by atoms with Crippen LogP contribution < -0.4 is 5.32 Å². The van der Waals surface area contributed by atoms with E-state index in [0.717, 1.165) is 26.3 Å². The molecule has 1 rings (SSSR count). The van der Waals surface area contributed by atoms with Crippen molar-refractivity contribution in [2.75, 3.05) is 40.4 Å². The third-order valence-corrected chi connectivity index (χ3v) is 1.97. The molecule has 2 N–H and O–H groups in total. The summed E-state index contributed by atoms with van der Waals surface area (Å²) in [5.41, 5.74) is 0. The van der Waals surface area contributed by atoms with E-state index in [4.69, 9.17) is 14.6 Å². The Morgan fingerprint density at radius 3 is 1.93 bits per heavy atom. The standard InChI is InChI=1S/C6H15NO2.C4H9NO/c1-5(7(3)4)9-6(2)8;1-3-6-4-2-5-1/h5-6,8H,1-4H3;5H,1-4H2. The van der Waals surface area contributed by atoms with Gasteiger partial charge in [-0.1, -0.05) is 0 Å². The average molecular weight is 220 g/mol. The maximum absolute atomic E-state index is 8.72. The second-order valence-corrected chi connectivity index (χ2v) is 3.66. The van der Waals surface area contributed by atoms with Gasteiger partial charge >= 0.3 is 0 Å². The number of hydrogen-bond donors (Lipinski definition) is 2. The number of nitrogens with zero attached hydrogens (tertiary/aromatic N) is 1. The molecule has 5 heteroatoms. The van der Waals surface area contributed by atoms with E-state index in [1.54, 1.807) is 6.92 Å². The highest BCUT2D eigenvalue weighted by atomic mass is 16.6. The Labute approximate surface area is 92.4 Å². The number of nitrogens with one attached hydrogen (secondary N) is 1. The fraction of sp³-hybridized carbons (Fsp3) is 1.00. The smallest absolute Gasteiger partial charge is 0.153 e. The van der Waals surface area contributed by atoms with E-state index < -0.39 is 6.29 Å². The van der Waals surface area contributed by atoms with E-state index in [-0.39, 0.29) is 6.23 Å². The minimum atomic E-state index is -0.678. The fourth-order valence-corrected chi connectivity index (χ4v) is 0.922. The molecular formula is C10H24N2O3. The van der Waals surface area contributed by atoms with Crippen molar-refractivity contribution in [1.82, 2.24) is 10.2 Å². The lowest BCUT2D eigenvalue weighted by molar-refractivity contribution is -0.156. The minimum absolute atomic E-state index is 0.0231. The number of aliphatic hydroxyl groups excluding tert-OH is 1. The van der Waals surface area contributed by atoms with Gasteiger partial charge in [0.2, 0.25) is 0 Å². The van der Waals surface area contributed by atoms with Crippen LogP contribution in [0.2, 0.25) is 0 Å². The number of aliphatic hydroxyl groups is 1. The number of ether oxygens (including phenoxy) is 2. The molecule has 0 bridgehead atoms. The van der Waals surface area contributed by atoms with Crippen LogP contribution in [0.5, 0.6) is 0 Å². The van der Waals surface area contributed by atoms with Crippen LogP contribution in [-0.2, 0) is 9.47 Å². The van der Waals surface area contributed by atoms with Crippen molar-refractivity contribution in [3.8, 4) is 0 Å². The molecule has 0 saturated carbocycles. The Morgan fingerprint density at radius 2 is 1.80 bits per heavy atom. The van der Waals surface area contributed by atoms with Crippen molar-refractivity contribution < 1.29 is 14.6 Å². The maximum Gasteiger partial charge on any atom is 0.153 e. The summed E-state index contributed by atoms with van der Waals surface area (Å²) in [4.78, 5) is 1.88. The molecule has 0 spiro atoms. The van der Waals surface area contributed by atoms with E-state index >= 15 is 0 Å². The summed E-state index contributed by atoms with van der Waals surface area (Å²) in [5, 5.41) is 11.9. The average Bonchev–Trinajstić information content (AvgIpc) is 2.20. The third-order valence-electron chi connectivity index (χ3n) is 1.97. The van der Waals surface area contributed by atoms with Gasteiger partial charge in [-0.3, -0.25) is 4.90 Å². The van der Waals surface area contributed by atoms with Gasteiger partial charge in [0.05, 0.1) is 13.2 Å². The van der Waals surface area contributed by atoms with Crippen LogP contribution in [-0.4, -0.2) is 62.9 Å². The Bertz CT molecular complexity index is 127. The first-order valence-electron chi connectivity index (χ1n) is 5.32. The van der Waals surface area contributed by atoms with E-state index in [0.29, 0.717) is 0 Å². The zero-order valence-corrected chi connectivity index (χ0v) is 10.2. The van der Waals surface area contributed by atoms with Crippen LogP contribution in [0.1, 0.15) is 13.8 Å². The highest BCUT2D eigenvalue weighted by molar-refractivity contribution is 4.49. The van der Waals surface area contributed by atoms with Crippen molar-refractivity contribution in [3.63, 3.8) is 0 Å². The summed E-state index contributed by atoms with van der Waals surface area (Å²) in [5.74, 6) is 0. The minimum Gasteiger partial charge on any atom is -0.379 e. The molecule has 0 amide bonds. The van der Waals surface area contributed by atoms with Crippen molar-refractivity contribution in [2.45, 2.75) is 26.4 Å². The number of hydrogen-bond acceptors (Lipinski definition) is 5. The van der Waals surface area contributed by atoms with Gasteiger partial charge in [0, 0.05) is 13.1 Å². The van der Waals surface area contributed by atoms with Gasteiger partial charge in [-0.15, -0.1) is 0 Å². The summed E-state index contributed by atoms with van der Waals surface area (Å²) in [6, 6.07) is 0. The SMILES string of the molecule is C1COCCN1.CC(O)OC(C)N(C)C. The van der Waals surface area contributed by atoms with Crippen LogP contribution >= 0.6 is 0 Å². The lowest BCUT2D eigenvalue weighted by Crippen LogP contribution is -2.30. The Kier molecular flexibility index (Phi) is 8.94. The van der Waals surface area contributed by atoms with Crippen LogP contribution in [0, 0.1) is 0 Å². The zero-order chi connectivity index (χ0) is 11.7. The van der Waals surface area contributed by atoms with E-state index in [2.05, 4.69) is 5.32 Å². The molecule has 0 aliphatic carbocycles. The molecule has 15 heavy (non-hydrogen) atoms. The van der Waals surface area contributed by atoms with Gasteiger partial charge in [-0.25, -0.2) is 0 Å². The van der Waals surface area contributed by atoms with Crippen LogP contribution in [0.25, 0.3) is 0 Å². The number of morpholine rings is 1. The van der Waals surface area contributed by atoms with Crippen molar-refractivity contribution in [1.29, 1.82) is 0 Å². The number of rotatable bonds is 3. The van der Waals surface area contributed by atoms with Crippen LogP contribution in [0.4, 0.5) is 0 Å². The summed E-state index contributed by atoms with van der Waals surface area (Å²) < 4.78 is 10.0. The first-order valence-corrected chi connectivity index (χ1v) is 5.32. The highest BCUT2D eigenvalue weighted by Crippen LogP contribution is 1.96. The second-order valence-electron chi connectivity index (χ2n) is 3.66. The molecule has 1 heterocycles. The fourth-order valence-electron chi connectivity index (χ4n) is 0.922. The molecule has 2 unspecified atom stereocenters. The van der Waals surface area contributed by atoms with Crippen LogP contribution in [0.3, 0.4) is 0 Å². The molecule has 0 aromatic carbocycles. The summed E-state index contributed by atoms with van der Waals surface area (Å²) >= 11 is 0. The lowest BCUT2D eigenvalue weighted by atomic mass is 10.5. The Morgan fingerprint density at radius 1 is 1.27 bits per heavy atom. The molecule has 0 aromatic heterocycles. The molecule has 1 fully saturated rings. The maximum atomic E-state index is 8.72.